The van der Waals surface area contributed by atoms with Gasteiger partial charge >= 0.3 is 0 Å². The topological polar surface area (TPSA) is 63.6 Å². The van der Waals surface area contributed by atoms with Crippen molar-refractivity contribution in [2.45, 2.75) is 19.1 Å². The number of aliphatic hydroxyl groups is 1. The molecule has 0 amide bonds. The Labute approximate surface area is 82.9 Å². The zero-order valence-electron chi connectivity index (χ0n) is 8.16. The fraction of sp³-hybridized carbons (Fsp3) is 0.400. The zero-order valence-corrected chi connectivity index (χ0v) is 8.16. The van der Waals surface area contributed by atoms with Crippen LogP contribution in [0.5, 0.6) is 0 Å². The van der Waals surface area contributed by atoms with Gasteiger partial charge in [0.05, 0.1) is 6.42 Å². The molecule has 14 heavy (non-hydrogen) atoms. The molecular formula is C10H14O4. The molecule has 1 unspecified atom stereocenters. The molecule has 0 fully saturated rings. The molecule has 0 heterocycles. The van der Waals surface area contributed by atoms with Crippen LogP contribution in [0.3, 0.4) is 0 Å². The van der Waals surface area contributed by atoms with E-state index in [0.717, 1.165) is 12.2 Å². The van der Waals surface area contributed by atoms with Crippen LogP contribution in [0.2, 0.25) is 0 Å². The molecule has 0 aliphatic carbocycles. The van der Waals surface area contributed by atoms with Gasteiger partial charge in [0.2, 0.25) is 11.6 Å². The highest BCUT2D eigenvalue weighted by atomic mass is 16.6. The Balaban J connectivity index is 4.70. The Morgan fingerprint density at radius 3 is 2.36 bits per heavy atom. The highest BCUT2D eigenvalue weighted by Gasteiger charge is 2.36. The molecule has 0 aromatic heterocycles. The van der Waals surface area contributed by atoms with Crippen LogP contribution in [-0.4, -0.2) is 29.1 Å². The number of hydrogen-bond acceptors (Lipinski definition) is 4. The standard InChI is InChI=1S/C10H14O4/c1-4-8(11)7-10(13,14-6-3)9(12)5-2/h4-5,13H,1-2,6-7H2,3H3. The second-order valence-corrected chi connectivity index (χ2v) is 2.63. The quantitative estimate of drug-likeness (QED) is 0.481. The van der Waals surface area contributed by atoms with Crippen molar-refractivity contribution in [3.63, 3.8) is 0 Å². The zero-order chi connectivity index (χ0) is 11.2. The first-order chi connectivity index (χ1) is 6.50. The van der Waals surface area contributed by atoms with E-state index in [1.54, 1.807) is 6.92 Å². The Morgan fingerprint density at radius 1 is 1.43 bits per heavy atom. The van der Waals surface area contributed by atoms with Gasteiger partial charge in [0.15, 0.2) is 5.78 Å². The van der Waals surface area contributed by atoms with Crippen LogP contribution in [0.4, 0.5) is 0 Å². The first-order valence-electron chi connectivity index (χ1n) is 4.18. The van der Waals surface area contributed by atoms with Gasteiger partial charge in [-0.15, -0.1) is 0 Å². The summed E-state index contributed by atoms with van der Waals surface area (Å²) >= 11 is 0. The number of allylic oxidation sites excluding steroid dienone is 1. The van der Waals surface area contributed by atoms with E-state index in [0.29, 0.717) is 0 Å². The molecule has 4 heteroatoms. The molecule has 78 valence electrons. The summed E-state index contributed by atoms with van der Waals surface area (Å²) in [4.78, 5) is 22.2. The van der Waals surface area contributed by atoms with E-state index in [2.05, 4.69) is 13.2 Å². The number of rotatable bonds is 7. The maximum atomic E-state index is 11.2. The fourth-order valence-corrected chi connectivity index (χ4v) is 0.916. The van der Waals surface area contributed by atoms with Crippen LogP contribution in [-0.2, 0) is 14.3 Å². The van der Waals surface area contributed by atoms with Gasteiger partial charge in [-0.25, -0.2) is 0 Å². The predicted octanol–water partition coefficient (Wildman–Crippen LogP) is 0.612. The van der Waals surface area contributed by atoms with Gasteiger partial charge in [0.1, 0.15) is 0 Å². The van der Waals surface area contributed by atoms with Crippen molar-refractivity contribution in [1.29, 1.82) is 0 Å². The van der Waals surface area contributed by atoms with Crippen LogP contribution < -0.4 is 0 Å². The molecule has 0 spiro atoms. The predicted molar refractivity (Wildman–Crippen MR) is 51.6 cm³/mol. The van der Waals surface area contributed by atoms with E-state index in [9.17, 15) is 14.7 Å². The number of ketones is 2. The van der Waals surface area contributed by atoms with E-state index in [1.807, 2.05) is 0 Å². The van der Waals surface area contributed by atoms with E-state index >= 15 is 0 Å². The minimum atomic E-state index is -2.10. The van der Waals surface area contributed by atoms with Crippen molar-refractivity contribution in [3.05, 3.63) is 25.3 Å². The molecule has 0 saturated heterocycles. The van der Waals surface area contributed by atoms with Crippen molar-refractivity contribution in [2.24, 2.45) is 0 Å². The summed E-state index contributed by atoms with van der Waals surface area (Å²) in [6.45, 7) is 8.19. The van der Waals surface area contributed by atoms with Crippen molar-refractivity contribution < 1.29 is 19.4 Å². The highest BCUT2D eigenvalue weighted by Crippen LogP contribution is 2.15. The van der Waals surface area contributed by atoms with Crippen LogP contribution in [0.1, 0.15) is 13.3 Å². The third-order valence-corrected chi connectivity index (χ3v) is 1.60. The Kier molecular flexibility index (Phi) is 4.97. The molecule has 0 aliphatic heterocycles. The van der Waals surface area contributed by atoms with Crippen molar-refractivity contribution >= 4 is 11.6 Å². The monoisotopic (exact) mass is 198 g/mol. The lowest BCUT2D eigenvalue weighted by atomic mass is 10.0. The van der Waals surface area contributed by atoms with Gasteiger partial charge in [-0.1, -0.05) is 13.2 Å². The lowest BCUT2D eigenvalue weighted by molar-refractivity contribution is -0.201. The second kappa shape index (κ2) is 5.47. The molecule has 4 nitrogen and oxygen atoms in total. The molecule has 1 N–H and O–H groups in total. The molecule has 1 atom stereocenters. The SMILES string of the molecule is C=CC(=O)CC(O)(OCC)C(=O)C=C. The number of ether oxygens (including phenoxy) is 1. The first-order valence-corrected chi connectivity index (χ1v) is 4.18. The Bertz CT molecular complexity index is 257. The van der Waals surface area contributed by atoms with Gasteiger partial charge in [-0.2, -0.15) is 0 Å². The summed E-state index contributed by atoms with van der Waals surface area (Å²) in [6, 6.07) is 0. The van der Waals surface area contributed by atoms with Crippen LogP contribution >= 0.6 is 0 Å². The van der Waals surface area contributed by atoms with Crippen molar-refractivity contribution in [3.8, 4) is 0 Å². The van der Waals surface area contributed by atoms with Gasteiger partial charge in [-0.3, -0.25) is 9.59 Å². The molecule has 0 radical (unpaired) electrons. The second-order valence-electron chi connectivity index (χ2n) is 2.63. The van der Waals surface area contributed by atoms with Crippen molar-refractivity contribution in [1.82, 2.24) is 0 Å². The maximum absolute atomic E-state index is 11.2. The molecule has 0 saturated carbocycles. The minimum Gasteiger partial charge on any atom is -0.359 e. The summed E-state index contributed by atoms with van der Waals surface area (Å²) in [6.07, 6.45) is 1.52. The van der Waals surface area contributed by atoms with Gasteiger partial charge in [-0.05, 0) is 19.1 Å². The van der Waals surface area contributed by atoms with Gasteiger partial charge < -0.3 is 9.84 Å². The van der Waals surface area contributed by atoms with E-state index in [-0.39, 0.29) is 6.61 Å². The molecule has 0 rings (SSSR count). The number of carbonyl (C=O) groups is 2. The molecule has 0 aromatic rings. The average Bonchev–Trinajstić information content (AvgIpc) is 2.16. The van der Waals surface area contributed by atoms with E-state index in [4.69, 9.17) is 4.74 Å². The number of carbonyl (C=O) groups excluding carboxylic acids is 2. The highest BCUT2D eigenvalue weighted by molar-refractivity contribution is 6.00. The lowest BCUT2D eigenvalue weighted by Crippen LogP contribution is -2.42. The largest absolute Gasteiger partial charge is 0.359 e. The third kappa shape index (κ3) is 3.24. The molecule has 0 bridgehead atoms. The van der Waals surface area contributed by atoms with Gasteiger partial charge in [0.25, 0.3) is 0 Å². The average molecular weight is 198 g/mol. The summed E-state index contributed by atoms with van der Waals surface area (Å²) in [5, 5.41) is 9.67. The minimum absolute atomic E-state index is 0.125. The van der Waals surface area contributed by atoms with E-state index < -0.39 is 23.8 Å². The first kappa shape index (κ1) is 12.7. The van der Waals surface area contributed by atoms with Crippen LogP contribution in [0.25, 0.3) is 0 Å². The van der Waals surface area contributed by atoms with Crippen LogP contribution in [0, 0.1) is 0 Å². The summed E-state index contributed by atoms with van der Waals surface area (Å²) < 4.78 is 4.82. The Morgan fingerprint density at radius 2 is 2.00 bits per heavy atom. The normalized spacial score (nSPS) is 14.1. The third-order valence-electron chi connectivity index (χ3n) is 1.60. The van der Waals surface area contributed by atoms with E-state index in [1.165, 1.54) is 0 Å². The summed E-state index contributed by atoms with van der Waals surface area (Å²) in [5.41, 5.74) is 0. The Hall–Kier alpha value is -1.26. The van der Waals surface area contributed by atoms with Crippen LogP contribution in [0.15, 0.2) is 25.3 Å². The molecule has 0 aromatic carbocycles. The number of hydrogen-bond donors (Lipinski definition) is 1. The lowest BCUT2D eigenvalue weighted by Gasteiger charge is -2.23. The molecule has 0 aliphatic rings. The van der Waals surface area contributed by atoms with Crippen molar-refractivity contribution in [2.75, 3.05) is 6.61 Å². The molecular weight excluding hydrogens is 184 g/mol. The fourth-order valence-electron chi connectivity index (χ4n) is 0.916. The maximum Gasteiger partial charge on any atom is 0.238 e. The summed E-state index contributed by atoms with van der Waals surface area (Å²) in [7, 11) is 0. The smallest absolute Gasteiger partial charge is 0.238 e. The summed E-state index contributed by atoms with van der Waals surface area (Å²) in [5.74, 6) is -3.28. The van der Waals surface area contributed by atoms with Gasteiger partial charge in [0, 0.05) is 6.61 Å².